The van der Waals surface area contributed by atoms with Crippen LogP contribution in [-0.4, -0.2) is 24.1 Å². The molecule has 1 amide bonds. The fraction of sp³-hybridized carbons (Fsp3) is 0.136. The zero-order chi connectivity index (χ0) is 21.5. The van der Waals surface area contributed by atoms with E-state index in [9.17, 15) is 9.59 Å². The Bertz CT molecular complexity index is 1350. The quantitative estimate of drug-likeness (QED) is 0.472. The number of carbonyl (C=O) groups excluding carboxylic acids is 1. The highest BCUT2D eigenvalue weighted by Crippen LogP contribution is 2.46. The molecule has 156 valence electrons. The lowest BCUT2D eigenvalue weighted by atomic mass is 9.94. The molecule has 3 N–H and O–H groups in total. The second-order valence-electron chi connectivity index (χ2n) is 6.96. The van der Waals surface area contributed by atoms with Gasteiger partial charge < -0.3 is 24.9 Å². The Morgan fingerprint density at radius 3 is 2.68 bits per heavy atom. The lowest BCUT2D eigenvalue weighted by Gasteiger charge is -2.17. The van der Waals surface area contributed by atoms with Crippen molar-refractivity contribution in [2.45, 2.75) is 12.0 Å². The fourth-order valence-corrected chi connectivity index (χ4v) is 4.53. The molecular formula is C22H17N3O5S. The number of ether oxygens (including phenoxy) is 2. The largest absolute Gasteiger partial charge is 0.497 e. The van der Waals surface area contributed by atoms with Crippen LogP contribution in [0.4, 0.5) is 10.8 Å². The number of nitrogens with zero attached hydrogens (tertiary/aromatic N) is 1. The molecule has 0 aliphatic carbocycles. The van der Waals surface area contributed by atoms with Gasteiger partial charge in [-0.2, -0.15) is 0 Å². The predicted octanol–water partition coefficient (Wildman–Crippen LogP) is 3.37. The minimum Gasteiger partial charge on any atom is -0.497 e. The number of nitrogen functional groups attached to an aromatic ring is 1. The van der Waals surface area contributed by atoms with Gasteiger partial charge in [0.2, 0.25) is 0 Å². The molecule has 1 aliphatic rings. The van der Waals surface area contributed by atoms with Crippen LogP contribution in [0.2, 0.25) is 0 Å². The van der Waals surface area contributed by atoms with Gasteiger partial charge in [0.05, 0.1) is 24.0 Å². The van der Waals surface area contributed by atoms with E-state index < -0.39 is 23.6 Å². The summed E-state index contributed by atoms with van der Waals surface area (Å²) in [5.41, 5.74) is 6.53. The highest BCUT2D eigenvalue weighted by atomic mass is 32.1. The summed E-state index contributed by atoms with van der Waals surface area (Å²) < 4.78 is 16.8. The molecule has 0 fully saturated rings. The van der Waals surface area contributed by atoms with Gasteiger partial charge >= 0.3 is 5.63 Å². The number of thiazole rings is 1. The molecule has 0 bridgehead atoms. The van der Waals surface area contributed by atoms with E-state index in [2.05, 4.69) is 10.3 Å². The number of benzene rings is 2. The fourth-order valence-electron chi connectivity index (χ4n) is 3.71. The molecule has 1 aliphatic heterocycles. The summed E-state index contributed by atoms with van der Waals surface area (Å²) in [4.78, 5) is 30.8. The molecule has 2 aromatic heterocycles. The minimum atomic E-state index is -0.995. The zero-order valence-corrected chi connectivity index (χ0v) is 17.1. The van der Waals surface area contributed by atoms with Crippen molar-refractivity contribution in [1.29, 1.82) is 0 Å². The Kier molecular flexibility index (Phi) is 4.59. The van der Waals surface area contributed by atoms with Gasteiger partial charge in [0, 0.05) is 16.8 Å². The summed E-state index contributed by atoms with van der Waals surface area (Å²) in [5.74, 6) is -0.0750. The number of amides is 1. The number of nitrogens with one attached hydrogen (secondary N) is 1. The van der Waals surface area contributed by atoms with Crippen LogP contribution in [0.25, 0.3) is 11.0 Å². The first-order valence-corrected chi connectivity index (χ1v) is 10.3. The minimum absolute atomic E-state index is 0.289. The first-order valence-electron chi connectivity index (χ1n) is 9.43. The summed E-state index contributed by atoms with van der Waals surface area (Å²) in [6.07, 6.45) is 0.566. The number of anilines is 2. The van der Waals surface area contributed by atoms with Crippen LogP contribution in [0, 0.1) is 0 Å². The summed E-state index contributed by atoms with van der Waals surface area (Å²) >= 11 is 1.20. The zero-order valence-electron chi connectivity index (χ0n) is 16.3. The van der Waals surface area contributed by atoms with Crippen molar-refractivity contribution >= 4 is 39.0 Å². The highest BCUT2D eigenvalue weighted by molar-refractivity contribution is 7.15. The number of nitrogens with two attached hydrogens (primary N) is 1. The van der Waals surface area contributed by atoms with E-state index in [-0.39, 0.29) is 5.56 Å². The lowest BCUT2D eigenvalue weighted by Crippen LogP contribution is -2.35. The summed E-state index contributed by atoms with van der Waals surface area (Å²) in [6.45, 7) is 0. The van der Waals surface area contributed by atoms with Gasteiger partial charge in [-0.1, -0.05) is 12.1 Å². The maximum atomic E-state index is 13.2. The SMILES string of the molecule is COc1ccc(NC(=O)[C@@H]2Oc3c(c(=O)oc4ccccc34)[C@H]2c2cnc(N)s2)cc1. The van der Waals surface area contributed by atoms with Crippen LogP contribution in [0.3, 0.4) is 0 Å². The molecular weight excluding hydrogens is 418 g/mol. The molecule has 8 nitrogen and oxygen atoms in total. The third-order valence-electron chi connectivity index (χ3n) is 5.12. The van der Waals surface area contributed by atoms with E-state index in [1.165, 1.54) is 11.3 Å². The summed E-state index contributed by atoms with van der Waals surface area (Å²) in [7, 11) is 1.57. The highest BCUT2D eigenvalue weighted by Gasteiger charge is 2.45. The topological polar surface area (TPSA) is 117 Å². The van der Waals surface area contributed by atoms with Crippen LogP contribution in [0.15, 0.2) is 63.9 Å². The normalized spacial score (nSPS) is 17.2. The number of methoxy groups -OCH3 is 1. The van der Waals surface area contributed by atoms with Crippen LogP contribution in [0.5, 0.6) is 11.5 Å². The van der Waals surface area contributed by atoms with Crippen molar-refractivity contribution < 1.29 is 18.7 Å². The van der Waals surface area contributed by atoms with Crippen molar-refractivity contribution in [3.8, 4) is 11.5 Å². The standard InChI is InChI=1S/C22H17N3O5S/c1-28-12-8-6-11(7-9-12)25-20(26)19-16(15-10-24-22(23)31-15)17-18(30-19)13-4-2-3-5-14(13)29-21(17)27/h2-10,16,19H,1H3,(H2,23,24)(H,25,26)/t16-,19-/m1/s1. The van der Waals surface area contributed by atoms with E-state index in [1.807, 2.05) is 6.07 Å². The summed E-state index contributed by atoms with van der Waals surface area (Å²) in [6, 6.07) is 14.0. The Morgan fingerprint density at radius 1 is 1.19 bits per heavy atom. The van der Waals surface area contributed by atoms with Crippen LogP contribution in [0.1, 0.15) is 16.4 Å². The van der Waals surface area contributed by atoms with E-state index >= 15 is 0 Å². The number of carbonyl (C=O) groups is 1. The maximum Gasteiger partial charge on any atom is 0.344 e. The van der Waals surface area contributed by atoms with E-state index in [0.29, 0.717) is 38.2 Å². The molecule has 4 aromatic rings. The predicted molar refractivity (Wildman–Crippen MR) is 117 cm³/mol. The average Bonchev–Trinajstić information content (AvgIpc) is 3.38. The van der Waals surface area contributed by atoms with E-state index in [0.717, 1.165) is 0 Å². The molecule has 5 rings (SSSR count). The third kappa shape index (κ3) is 3.28. The van der Waals surface area contributed by atoms with Crippen molar-refractivity contribution in [2.24, 2.45) is 0 Å². The monoisotopic (exact) mass is 435 g/mol. The second-order valence-corrected chi connectivity index (χ2v) is 8.06. The Morgan fingerprint density at radius 2 is 1.97 bits per heavy atom. The maximum absolute atomic E-state index is 13.2. The molecule has 9 heteroatoms. The van der Waals surface area contributed by atoms with Crippen molar-refractivity contribution in [2.75, 3.05) is 18.2 Å². The number of rotatable bonds is 4. The van der Waals surface area contributed by atoms with Gasteiger partial charge in [0.1, 0.15) is 17.1 Å². The lowest BCUT2D eigenvalue weighted by molar-refractivity contribution is -0.122. The van der Waals surface area contributed by atoms with Crippen LogP contribution >= 0.6 is 11.3 Å². The Balaban J connectivity index is 1.58. The molecule has 31 heavy (non-hydrogen) atoms. The number of hydrogen-bond donors (Lipinski definition) is 2. The number of fused-ring (bicyclic) bond motifs is 3. The first kappa shape index (κ1) is 19.1. The van der Waals surface area contributed by atoms with Crippen molar-refractivity contribution in [3.63, 3.8) is 0 Å². The third-order valence-corrected chi connectivity index (χ3v) is 6.03. The molecule has 0 radical (unpaired) electrons. The van der Waals surface area contributed by atoms with Gasteiger partial charge in [-0.3, -0.25) is 4.79 Å². The Labute approximate surface area is 180 Å². The number of hydrogen-bond acceptors (Lipinski definition) is 8. The molecule has 2 atom stereocenters. The Hall–Kier alpha value is -3.85. The van der Waals surface area contributed by atoms with E-state index in [4.69, 9.17) is 19.6 Å². The number of para-hydroxylation sites is 1. The van der Waals surface area contributed by atoms with Crippen LogP contribution < -0.4 is 26.1 Å². The van der Waals surface area contributed by atoms with Gasteiger partial charge in [-0.05, 0) is 36.4 Å². The number of aromatic nitrogens is 1. The molecule has 0 unspecified atom stereocenters. The van der Waals surface area contributed by atoms with Gasteiger partial charge in [0.15, 0.2) is 11.2 Å². The van der Waals surface area contributed by atoms with Gasteiger partial charge in [-0.15, -0.1) is 11.3 Å². The second kappa shape index (κ2) is 7.44. The van der Waals surface area contributed by atoms with Crippen LogP contribution in [-0.2, 0) is 4.79 Å². The molecule has 3 heterocycles. The van der Waals surface area contributed by atoms with Gasteiger partial charge in [-0.25, -0.2) is 9.78 Å². The van der Waals surface area contributed by atoms with Crippen molar-refractivity contribution in [3.05, 3.63) is 75.6 Å². The molecule has 0 saturated heterocycles. The average molecular weight is 435 g/mol. The molecule has 0 saturated carbocycles. The van der Waals surface area contributed by atoms with E-state index in [1.54, 1.807) is 55.8 Å². The van der Waals surface area contributed by atoms with Gasteiger partial charge in [0.25, 0.3) is 5.91 Å². The molecule has 2 aromatic carbocycles. The molecule has 0 spiro atoms. The van der Waals surface area contributed by atoms with Crippen molar-refractivity contribution in [1.82, 2.24) is 4.98 Å². The smallest absolute Gasteiger partial charge is 0.344 e. The summed E-state index contributed by atoms with van der Waals surface area (Å²) in [5, 5.41) is 3.81. The first-order chi connectivity index (χ1) is 15.0.